The van der Waals surface area contributed by atoms with E-state index in [2.05, 4.69) is 60.0 Å². The predicted molar refractivity (Wildman–Crippen MR) is 86.9 cm³/mol. The number of aryl methyl sites for hydroxylation is 1. The van der Waals surface area contributed by atoms with Crippen molar-refractivity contribution in [3.63, 3.8) is 0 Å². The maximum Gasteiger partial charge on any atom is 0.0491 e. The first kappa shape index (κ1) is 13.2. The molecule has 1 atom stereocenters. The third kappa shape index (κ3) is 2.32. The lowest BCUT2D eigenvalue weighted by molar-refractivity contribution is 0.521. The van der Waals surface area contributed by atoms with Gasteiger partial charge < -0.3 is 10.3 Å². The van der Waals surface area contributed by atoms with Crippen LogP contribution in [0.25, 0.3) is 21.8 Å². The maximum atomic E-state index is 6.18. The number of aromatic nitrogens is 1. The van der Waals surface area contributed by atoms with E-state index in [1.165, 1.54) is 21.8 Å². The van der Waals surface area contributed by atoms with Gasteiger partial charge in [-0.3, -0.25) is 0 Å². The standard InChI is InChI=1S/C18H22N2/c1-2-7-14(19)12-13-20-17-10-5-3-8-15(17)16-9-4-6-11-18(16)20/h3-6,8-11,14H,2,7,12-13,19H2,1H3. The highest BCUT2D eigenvalue weighted by Gasteiger charge is 2.10. The highest BCUT2D eigenvalue weighted by atomic mass is 15.0. The van der Waals surface area contributed by atoms with E-state index in [0.29, 0.717) is 6.04 Å². The molecule has 3 rings (SSSR count). The summed E-state index contributed by atoms with van der Waals surface area (Å²) in [5.74, 6) is 0. The van der Waals surface area contributed by atoms with Crippen molar-refractivity contribution in [2.45, 2.75) is 38.8 Å². The molecule has 0 aliphatic rings. The van der Waals surface area contributed by atoms with E-state index in [-0.39, 0.29) is 0 Å². The van der Waals surface area contributed by atoms with Crippen LogP contribution >= 0.6 is 0 Å². The molecule has 0 aliphatic heterocycles. The minimum absolute atomic E-state index is 0.305. The Balaban J connectivity index is 2.03. The van der Waals surface area contributed by atoms with Crippen LogP contribution in [0.2, 0.25) is 0 Å². The van der Waals surface area contributed by atoms with Crippen LogP contribution < -0.4 is 5.73 Å². The second kappa shape index (κ2) is 5.68. The molecule has 20 heavy (non-hydrogen) atoms. The maximum absolute atomic E-state index is 6.18. The van der Waals surface area contributed by atoms with Gasteiger partial charge in [0.15, 0.2) is 0 Å². The second-order valence-electron chi connectivity index (χ2n) is 5.52. The van der Waals surface area contributed by atoms with Crippen LogP contribution in [-0.4, -0.2) is 10.6 Å². The number of hydrogen-bond donors (Lipinski definition) is 1. The van der Waals surface area contributed by atoms with Crippen molar-refractivity contribution in [2.75, 3.05) is 0 Å². The van der Waals surface area contributed by atoms with Crippen molar-refractivity contribution >= 4 is 21.8 Å². The summed E-state index contributed by atoms with van der Waals surface area (Å²) in [5.41, 5.74) is 8.81. The Kier molecular flexibility index (Phi) is 3.75. The van der Waals surface area contributed by atoms with Crippen LogP contribution in [0.5, 0.6) is 0 Å². The molecule has 3 aromatic rings. The van der Waals surface area contributed by atoms with Crippen LogP contribution in [0.3, 0.4) is 0 Å². The number of rotatable bonds is 5. The van der Waals surface area contributed by atoms with Crippen molar-refractivity contribution in [2.24, 2.45) is 5.73 Å². The van der Waals surface area contributed by atoms with E-state index in [9.17, 15) is 0 Å². The Morgan fingerprint density at radius 2 is 1.45 bits per heavy atom. The molecule has 0 fully saturated rings. The molecule has 0 bridgehead atoms. The van der Waals surface area contributed by atoms with Gasteiger partial charge in [-0.1, -0.05) is 49.7 Å². The highest BCUT2D eigenvalue weighted by molar-refractivity contribution is 6.07. The van der Waals surface area contributed by atoms with E-state index in [1.54, 1.807) is 0 Å². The van der Waals surface area contributed by atoms with Crippen LogP contribution in [-0.2, 0) is 6.54 Å². The van der Waals surface area contributed by atoms with E-state index in [1.807, 2.05) is 0 Å². The zero-order valence-electron chi connectivity index (χ0n) is 12.0. The van der Waals surface area contributed by atoms with E-state index >= 15 is 0 Å². The quantitative estimate of drug-likeness (QED) is 0.733. The number of nitrogens with zero attached hydrogens (tertiary/aromatic N) is 1. The second-order valence-corrected chi connectivity index (χ2v) is 5.52. The summed E-state index contributed by atoms with van der Waals surface area (Å²) in [7, 11) is 0. The van der Waals surface area contributed by atoms with Gasteiger partial charge in [-0.05, 0) is 25.0 Å². The van der Waals surface area contributed by atoms with Gasteiger partial charge in [0, 0.05) is 34.4 Å². The summed E-state index contributed by atoms with van der Waals surface area (Å²) < 4.78 is 2.42. The van der Waals surface area contributed by atoms with Gasteiger partial charge in [-0.2, -0.15) is 0 Å². The molecular formula is C18H22N2. The Bertz CT molecular complexity index is 658. The number of nitrogens with two attached hydrogens (primary N) is 1. The fourth-order valence-corrected chi connectivity index (χ4v) is 3.05. The van der Waals surface area contributed by atoms with Crippen molar-refractivity contribution < 1.29 is 0 Å². The summed E-state index contributed by atoms with van der Waals surface area (Å²) in [4.78, 5) is 0. The third-order valence-electron chi connectivity index (χ3n) is 4.06. The van der Waals surface area contributed by atoms with Gasteiger partial charge in [0.2, 0.25) is 0 Å². The largest absolute Gasteiger partial charge is 0.340 e. The van der Waals surface area contributed by atoms with Crippen molar-refractivity contribution in [3.8, 4) is 0 Å². The van der Waals surface area contributed by atoms with Crippen LogP contribution in [0, 0.1) is 0 Å². The molecular weight excluding hydrogens is 244 g/mol. The molecule has 1 heterocycles. The molecule has 0 saturated heterocycles. The molecule has 0 spiro atoms. The Morgan fingerprint density at radius 3 is 2.00 bits per heavy atom. The molecule has 2 N–H and O–H groups in total. The summed E-state index contributed by atoms with van der Waals surface area (Å²) in [6.07, 6.45) is 3.31. The van der Waals surface area contributed by atoms with Gasteiger partial charge in [0.05, 0.1) is 0 Å². The summed E-state index contributed by atoms with van der Waals surface area (Å²) in [6.45, 7) is 3.19. The SMILES string of the molecule is CCCC(N)CCn1c2ccccc2c2ccccc21. The molecule has 104 valence electrons. The monoisotopic (exact) mass is 266 g/mol. The minimum Gasteiger partial charge on any atom is -0.340 e. The van der Waals surface area contributed by atoms with Crippen LogP contribution in [0.4, 0.5) is 0 Å². The smallest absolute Gasteiger partial charge is 0.0491 e. The first-order chi connectivity index (χ1) is 9.81. The average molecular weight is 266 g/mol. The molecule has 0 aliphatic carbocycles. The van der Waals surface area contributed by atoms with Crippen LogP contribution in [0.1, 0.15) is 26.2 Å². The third-order valence-corrected chi connectivity index (χ3v) is 4.06. The molecule has 0 saturated carbocycles. The highest BCUT2D eigenvalue weighted by Crippen LogP contribution is 2.28. The van der Waals surface area contributed by atoms with E-state index in [4.69, 9.17) is 5.73 Å². The summed E-state index contributed by atoms with van der Waals surface area (Å²) >= 11 is 0. The van der Waals surface area contributed by atoms with Gasteiger partial charge in [-0.15, -0.1) is 0 Å². The topological polar surface area (TPSA) is 30.9 Å². The predicted octanol–water partition coefficient (Wildman–Crippen LogP) is 4.31. The van der Waals surface area contributed by atoms with Gasteiger partial charge >= 0.3 is 0 Å². The fraction of sp³-hybridized carbons (Fsp3) is 0.333. The summed E-state index contributed by atoms with van der Waals surface area (Å²) in [6, 6.07) is 17.6. The normalized spacial score (nSPS) is 13.1. The molecule has 2 heteroatoms. The van der Waals surface area contributed by atoms with Crippen molar-refractivity contribution in [3.05, 3.63) is 48.5 Å². The molecule has 2 nitrogen and oxygen atoms in total. The number of hydrogen-bond acceptors (Lipinski definition) is 1. The molecule has 2 aromatic carbocycles. The van der Waals surface area contributed by atoms with Gasteiger partial charge in [-0.25, -0.2) is 0 Å². The Hall–Kier alpha value is -1.80. The van der Waals surface area contributed by atoms with Gasteiger partial charge in [0.25, 0.3) is 0 Å². The first-order valence-electron chi connectivity index (χ1n) is 7.53. The average Bonchev–Trinajstić information content (AvgIpc) is 2.80. The number of fused-ring (bicyclic) bond motifs is 3. The number of benzene rings is 2. The minimum atomic E-state index is 0.305. The Labute approximate surface area is 120 Å². The molecule has 1 aromatic heterocycles. The zero-order chi connectivity index (χ0) is 13.9. The molecule has 0 amide bonds. The molecule has 1 unspecified atom stereocenters. The summed E-state index contributed by atoms with van der Waals surface area (Å²) in [5, 5.41) is 2.68. The van der Waals surface area contributed by atoms with Crippen LogP contribution in [0.15, 0.2) is 48.5 Å². The molecule has 0 radical (unpaired) electrons. The number of para-hydroxylation sites is 2. The lowest BCUT2D eigenvalue weighted by Crippen LogP contribution is -2.21. The van der Waals surface area contributed by atoms with E-state index < -0.39 is 0 Å². The van der Waals surface area contributed by atoms with Gasteiger partial charge in [0.1, 0.15) is 0 Å². The fourth-order valence-electron chi connectivity index (χ4n) is 3.05. The van der Waals surface area contributed by atoms with Crippen molar-refractivity contribution in [1.82, 2.24) is 4.57 Å². The van der Waals surface area contributed by atoms with E-state index in [0.717, 1.165) is 25.8 Å². The lowest BCUT2D eigenvalue weighted by atomic mass is 10.1. The zero-order valence-corrected chi connectivity index (χ0v) is 12.0. The van der Waals surface area contributed by atoms with Crippen molar-refractivity contribution in [1.29, 1.82) is 0 Å². The Morgan fingerprint density at radius 1 is 0.900 bits per heavy atom. The first-order valence-corrected chi connectivity index (χ1v) is 7.53. The lowest BCUT2D eigenvalue weighted by Gasteiger charge is -2.12.